The van der Waals surface area contributed by atoms with Crippen molar-refractivity contribution in [2.24, 2.45) is 0 Å². The highest BCUT2D eigenvalue weighted by Gasteiger charge is 2.18. The zero-order chi connectivity index (χ0) is 16.9. The molecule has 0 fully saturated rings. The van der Waals surface area contributed by atoms with Gasteiger partial charge in [-0.2, -0.15) is 5.10 Å². The number of hydrogen-bond donors (Lipinski definition) is 2. The summed E-state index contributed by atoms with van der Waals surface area (Å²) in [6.45, 7) is 4.16. The lowest BCUT2D eigenvalue weighted by Crippen LogP contribution is -2.45. The van der Waals surface area contributed by atoms with Crippen LogP contribution in [0, 0.1) is 0 Å². The molecule has 2 aromatic rings. The number of benzene rings is 1. The lowest BCUT2D eigenvalue weighted by atomic mass is 10.1. The third kappa shape index (κ3) is 5.41. The molecule has 0 aliphatic carbocycles. The van der Waals surface area contributed by atoms with Crippen LogP contribution in [0.25, 0.3) is 5.69 Å². The molecule has 2 amide bonds. The summed E-state index contributed by atoms with van der Waals surface area (Å²) in [6.07, 6.45) is 4.47. The average Bonchev–Trinajstić information content (AvgIpc) is 2.95. The first kappa shape index (κ1) is 17.0. The van der Waals surface area contributed by atoms with E-state index in [0.717, 1.165) is 11.3 Å². The van der Waals surface area contributed by atoms with E-state index in [1.165, 1.54) is 4.90 Å². The Balaban J connectivity index is 1.81. The Morgan fingerprint density at radius 2 is 2.04 bits per heavy atom. The second-order valence-corrected chi connectivity index (χ2v) is 6.28. The van der Waals surface area contributed by atoms with Crippen LogP contribution in [0.1, 0.15) is 19.4 Å². The van der Waals surface area contributed by atoms with E-state index in [4.69, 9.17) is 0 Å². The molecule has 0 saturated carbocycles. The second-order valence-electron chi connectivity index (χ2n) is 6.28. The smallest absolute Gasteiger partial charge is 0.317 e. The molecule has 6 nitrogen and oxygen atoms in total. The van der Waals surface area contributed by atoms with Gasteiger partial charge in [0.05, 0.1) is 24.0 Å². The van der Waals surface area contributed by atoms with E-state index in [1.807, 2.05) is 41.2 Å². The molecule has 0 bridgehead atoms. The van der Waals surface area contributed by atoms with Crippen molar-refractivity contribution in [3.8, 4) is 5.69 Å². The number of likely N-dealkylation sites (N-methyl/N-ethyl adjacent to an activating group) is 1. The number of nitrogens with zero attached hydrogens (tertiary/aromatic N) is 3. The van der Waals surface area contributed by atoms with E-state index in [9.17, 15) is 9.90 Å². The molecular formula is C17H24N4O2. The zero-order valence-electron chi connectivity index (χ0n) is 13.9. The Hall–Kier alpha value is -2.34. The molecule has 2 N–H and O–H groups in total. The monoisotopic (exact) mass is 316 g/mol. The molecule has 2 rings (SSSR count). The number of para-hydroxylation sites is 1. The van der Waals surface area contributed by atoms with Crippen LogP contribution in [0.15, 0.2) is 42.7 Å². The highest BCUT2D eigenvalue weighted by atomic mass is 16.3. The molecule has 0 saturated heterocycles. The number of carbonyl (C=O) groups excluding carboxylic acids is 1. The average molecular weight is 316 g/mol. The molecule has 0 aliphatic heterocycles. The number of aromatic nitrogens is 2. The topological polar surface area (TPSA) is 70.4 Å². The minimum absolute atomic E-state index is 0.192. The molecule has 0 aliphatic rings. The molecule has 0 unspecified atom stereocenters. The van der Waals surface area contributed by atoms with Crippen LogP contribution in [0.2, 0.25) is 0 Å². The molecule has 0 radical (unpaired) electrons. The summed E-state index contributed by atoms with van der Waals surface area (Å²) in [6, 6.07) is 9.69. The van der Waals surface area contributed by atoms with Gasteiger partial charge in [0.2, 0.25) is 0 Å². The fraction of sp³-hybridized carbons (Fsp3) is 0.412. The van der Waals surface area contributed by atoms with Crippen molar-refractivity contribution < 1.29 is 9.90 Å². The van der Waals surface area contributed by atoms with Crippen LogP contribution >= 0.6 is 0 Å². The highest BCUT2D eigenvalue weighted by Crippen LogP contribution is 2.08. The number of rotatable bonds is 6. The van der Waals surface area contributed by atoms with E-state index in [-0.39, 0.29) is 12.6 Å². The van der Waals surface area contributed by atoms with Crippen LogP contribution < -0.4 is 5.32 Å². The van der Waals surface area contributed by atoms with Gasteiger partial charge in [-0.05, 0) is 38.0 Å². The summed E-state index contributed by atoms with van der Waals surface area (Å²) in [5.41, 5.74) is 1.16. The van der Waals surface area contributed by atoms with Crippen molar-refractivity contribution in [3.63, 3.8) is 0 Å². The first-order chi connectivity index (χ1) is 10.8. The Kier molecular flexibility index (Phi) is 5.39. The zero-order valence-corrected chi connectivity index (χ0v) is 13.9. The number of carbonyl (C=O) groups is 1. The molecular weight excluding hydrogens is 292 g/mol. The Morgan fingerprint density at radius 3 is 2.70 bits per heavy atom. The van der Waals surface area contributed by atoms with E-state index < -0.39 is 5.60 Å². The molecule has 1 aromatic heterocycles. The third-order valence-electron chi connectivity index (χ3n) is 3.32. The van der Waals surface area contributed by atoms with Crippen LogP contribution in [0.5, 0.6) is 0 Å². The van der Waals surface area contributed by atoms with Crippen LogP contribution in [0.3, 0.4) is 0 Å². The van der Waals surface area contributed by atoms with E-state index >= 15 is 0 Å². The fourth-order valence-electron chi connectivity index (χ4n) is 2.31. The quantitative estimate of drug-likeness (QED) is 0.854. The number of hydrogen-bond acceptors (Lipinski definition) is 3. The normalized spacial score (nSPS) is 11.3. The van der Waals surface area contributed by atoms with Gasteiger partial charge in [-0.25, -0.2) is 9.48 Å². The summed E-state index contributed by atoms with van der Waals surface area (Å²) in [5.74, 6) is 0. The summed E-state index contributed by atoms with van der Waals surface area (Å²) in [4.78, 5) is 13.4. The molecule has 124 valence electrons. The Morgan fingerprint density at radius 1 is 1.35 bits per heavy atom. The van der Waals surface area contributed by atoms with Crippen molar-refractivity contribution in [3.05, 3.63) is 48.3 Å². The predicted molar refractivity (Wildman–Crippen MR) is 89.6 cm³/mol. The van der Waals surface area contributed by atoms with Gasteiger partial charge in [0.15, 0.2) is 0 Å². The van der Waals surface area contributed by atoms with Gasteiger partial charge in [0, 0.05) is 19.8 Å². The first-order valence-electron chi connectivity index (χ1n) is 7.65. The third-order valence-corrected chi connectivity index (χ3v) is 3.32. The lowest BCUT2D eigenvalue weighted by Gasteiger charge is -2.25. The largest absolute Gasteiger partial charge is 0.389 e. The van der Waals surface area contributed by atoms with Crippen molar-refractivity contribution in [1.82, 2.24) is 20.0 Å². The van der Waals surface area contributed by atoms with E-state index in [1.54, 1.807) is 27.1 Å². The van der Waals surface area contributed by atoms with Crippen molar-refractivity contribution in [1.29, 1.82) is 0 Å². The minimum Gasteiger partial charge on any atom is -0.389 e. The SMILES string of the molecule is CN(CC(C)(C)O)C(=O)NCCc1cnn(-c2ccccc2)c1. The van der Waals surface area contributed by atoms with Gasteiger partial charge in [0.25, 0.3) is 0 Å². The van der Waals surface area contributed by atoms with Gasteiger partial charge < -0.3 is 15.3 Å². The lowest BCUT2D eigenvalue weighted by molar-refractivity contribution is 0.0532. The maximum absolute atomic E-state index is 11.9. The number of urea groups is 1. The summed E-state index contributed by atoms with van der Waals surface area (Å²) >= 11 is 0. The molecule has 1 heterocycles. The summed E-state index contributed by atoms with van der Waals surface area (Å²) < 4.78 is 1.82. The maximum Gasteiger partial charge on any atom is 0.317 e. The standard InChI is InChI=1S/C17H24N4O2/c1-17(2,23)13-20(3)16(22)18-10-9-14-11-19-21(12-14)15-7-5-4-6-8-15/h4-8,11-12,23H,9-10,13H2,1-3H3,(H,18,22). The summed E-state index contributed by atoms with van der Waals surface area (Å²) in [5, 5.41) is 16.9. The van der Waals surface area contributed by atoms with Gasteiger partial charge in [0.1, 0.15) is 0 Å². The number of aliphatic hydroxyl groups is 1. The van der Waals surface area contributed by atoms with Crippen LogP contribution in [0.4, 0.5) is 4.79 Å². The maximum atomic E-state index is 11.9. The first-order valence-corrected chi connectivity index (χ1v) is 7.65. The number of amides is 2. The minimum atomic E-state index is -0.900. The highest BCUT2D eigenvalue weighted by molar-refractivity contribution is 5.73. The van der Waals surface area contributed by atoms with Crippen LogP contribution in [-0.4, -0.2) is 51.6 Å². The Labute approximate surface area is 136 Å². The fourth-order valence-corrected chi connectivity index (χ4v) is 2.31. The molecule has 23 heavy (non-hydrogen) atoms. The Bertz CT molecular complexity index is 632. The van der Waals surface area contributed by atoms with E-state index in [2.05, 4.69) is 10.4 Å². The molecule has 0 atom stereocenters. The summed E-state index contributed by atoms with van der Waals surface area (Å²) in [7, 11) is 1.67. The van der Waals surface area contributed by atoms with Gasteiger partial charge >= 0.3 is 6.03 Å². The van der Waals surface area contributed by atoms with Gasteiger partial charge in [-0.3, -0.25) is 0 Å². The van der Waals surface area contributed by atoms with Crippen molar-refractivity contribution in [2.75, 3.05) is 20.1 Å². The number of nitrogens with one attached hydrogen (secondary N) is 1. The predicted octanol–water partition coefficient (Wildman–Crippen LogP) is 1.83. The van der Waals surface area contributed by atoms with E-state index in [0.29, 0.717) is 13.0 Å². The molecule has 6 heteroatoms. The van der Waals surface area contributed by atoms with Gasteiger partial charge in [-0.1, -0.05) is 18.2 Å². The van der Waals surface area contributed by atoms with Crippen LogP contribution in [-0.2, 0) is 6.42 Å². The molecule has 0 spiro atoms. The van der Waals surface area contributed by atoms with Gasteiger partial charge in [-0.15, -0.1) is 0 Å². The molecule has 1 aromatic carbocycles. The van der Waals surface area contributed by atoms with Crippen molar-refractivity contribution in [2.45, 2.75) is 25.9 Å². The van der Waals surface area contributed by atoms with Crippen molar-refractivity contribution >= 4 is 6.03 Å². The second kappa shape index (κ2) is 7.28.